The maximum atomic E-state index is 6.05. The maximum Gasteiger partial charge on any atom is 0.213 e. The highest BCUT2D eigenvalue weighted by Gasteiger charge is 2.18. The number of likely N-dealkylation sites (tertiary alicyclic amines) is 1. The number of aromatic nitrogens is 3. The van der Waals surface area contributed by atoms with Gasteiger partial charge < -0.3 is 19.7 Å². The molecule has 7 nitrogen and oxygen atoms in total. The second-order valence-electron chi connectivity index (χ2n) is 8.01. The summed E-state index contributed by atoms with van der Waals surface area (Å²) in [6.45, 7) is 5.55. The van der Waals surface area contributed by atoms with Crippen LogP contribution in [-0.4, -0.2) is 59.2 Å². The highest BCUT2D eigenvalue weighted by atomic mass is 16.5. The van der Waals surface area contributed by atoms with E-state index in [2.05, 4.69) is 38.3 Å². The molecule has 0 spiro atoms. The fourth-order valence-electron chi connectivity index (χ4n) is 3.82. The molecule has 1 saturated heterocycles. The van der Waals surface area contributed by atoms with Crippen molar-refractivity contribution in [1.29, 1.82) is 0 Å². The Morgan fingerprint density at radius 1 is 1.06 bits per heavy atom. The molecule has 1 aromatic carbocycles. The quantitative estimate of drug-likeness (QED) is 0.545. The molecule has 0 atom stereocenters. The first kappa shape index (κ1) is 22.0. The second-order valence-corrected chi connectivity index (χ2v) is 8.01. The summed E-state index contributed by atoms with van der Waals surface area (Å²) in [7, 11) is 2.15. The lowest BCUT2D eigenvalue weighted by Crippen LogP contribution is -2.35. The number of ether oxygens (including phenoxy) is 2. The summed E-state index contributed by atoms with van der Waals surface area (Å²) in [5, 5.41) is 3.39. The number of anilines is 1. The zero-order valence-corrected chi connectivity index (χ0v) is 18.8. The molecule has 168 valence electrons. The first-order chi connectivity index (χ1) is 15.7. The third-order valence-corrected chi connectivity index (χ3v) is 5.63. The van der Waals surface area contributed by atoms with E-state index in [0.717, 1.165) is 61.7 Å². The van der Waals surface area contributed by atoms with Crippen molar-refractivity contribution >= 4 is 5.82 Å². The van der Waals surface area contributed by atoms with E-state index in [4.69, 9.17) is 9.47 Å². The van der Waals surface area contributed by atoms with Crippen LogP contribution in [0, 0.1) is 0 Å². The van der Waals surface area contributed by atoms with Crippen LogP contribution < -0.4 is 14.8 Å². The van der Waals surface area contributed by atoms with Crippen LogP contribution in [0.3, 0.4) is 0 Å². The number of para-hydroxylation sites is 1. The van der Waals surface area contributed by atoms with Gasteiger partial charge in [-0.2, -0.15) is 0 Å². The van der Waals surface area contributed by atoms with Crippen LogP contribution in [0.4, 0.5) is 5.82 Å². The monoisotopic (exact) mass is 433 g/mol. The molecule has 0 saturated carbocycles. The lowest BCUT2D eigenvalue weighted by Gasteiger charge is -2.28. The van der Waals surface area contributed by atoms with Crippen LogP contribution in [0.1, 0.15) is 25.3 Å². The average molecular weight is 434 g/mol. The largest absolute Gasteiger partial charge is 0.494 e. The smallest absolute Gasteiger partial charge is 0.213 e. The van der Waals surface area contributed by atoms with Gasteiger partial charge in [-0.15, -0.1) is 0 Å². The summed E-state index contributed by atoms with van der Waals surface area (Å²) < 4.78 is 11.8. The van der Waals surface area contributed by atoms with Gasteiger partial charge in [0, 0.05) is 43.5 Å². The van der Waals surface area contributed by atoms with Crippen molar-refractivity contribution in [2.24, 2.45) is 0 Å². The average Bonchev–Trinajstić information content (AvgIpc) is 2.83. The molecule has 1 fully saturated rings. The topological polar surface area (TPSA) is 72.4 Å². The van der Waals surface area contributed by atoms with Gasteiger partial charge in [0.15, 0.2) is 0 Å². The molecule has 4 rings (SSSR count). The zero-order valence-electron chi connectivity index (χ0n) is 18.8. The van der Waals surface area contributed by atoms with Gasteiger partial charge >= 0.3 is 0 Å². The van der Waals surface area contributed by atoms with Gasteiger partial charge in [0.1, 0.15) is 24.0 Å². The Morgan fingerprint density at radius 3 is 2.69 bits per heavy atom. The number of nitrogens with one attached hydrogen (secondary N) is 1. The van der Waals surface area contributed by atoms with Crippen LogP contribution in [0.25, 0.3) is 11.3 Å². The zero-order chi connectivity index (χ0) is 22.2. The lowest BCUT2D eigenvalue weighted by molar-refractivity contribution is 0.110. The Labute approximate surface area is 189 Å². The summed E-state index contributed by atoms with van der Waals surface area (Å²) in [5.41, 5.74) is 2.95. The van der Waals surface area contributed by atoms with Gasteiger partial charge in [-0.05, 0) is 50.9 Å². The lowest BCUT2D eigenvalue weighted by atomic mass is 10.1. The Kier molecular flexibility index (Phi) is 7.51. The molecule has 0 radical (unpaired) electrons. The Hall–Kier alpha value is -3.19. The van der Waals surface area contributed by atoms with E-state index in [9.17, 15) is 0 Å². The second kappa shape index (κ2) is 10.9. The molecule has 1 aliphatic heterocycles. The van der Waals surface area contributed by atoms with Crippen molar-refractivity contribution in [1.82, 2.24) is 19.9 Å². The molecule has 0 aliphatic carbocycles. The molecule has 1 aliphatic rings. The summed E-state index contributed by atoms with van der Waals surface area (Å²) in [5.74, 6) is 2.40. The van der Waals surface area contributed by atoms with Crippen molar-refractivity contribution in [3.63, 3.8) is 0 Å². The molecule has 2 aromatic heterocycles. The molecule has 1 N–H and O–H groups in total. The van der Waals surface area contributed by atoms with Gasteiger partial charge in [0.05, 0.1) is 12.3 Å². The number of hydrogen-bond acceptors (Lipinski definition) is 7. The number of piperidine rings is 1. The molecule has 0 unspecified atom stereocenters. The highest BCUT2D eigenvalue weighted by molar-refractivity contribution is 5.61. The predicted octanol–water partition coefficient (Wildman–Crippen LogP) is 4.06. The normalized spacial score (nSPS) is 14.8. The van der Waals surface area contributed by atoms with E-state index in [1.54, 1.807) is 6.33 Å². The van der Waals surface area contributed by atoms with Crippen molar-refractivity contribution < 1.29 is 9.47 Å². The van der Waals surface area contributed by atoms with Crippen molar-refractivity contribution in [3.05, 3.63) is 60.6 Å². The van der Waals surface area contributed by atoms with Crippen LogP contribution in [0.15, 0.2) is 55.0 Å². The summed E-state index contributed by atoms with van der Waals surface area (Å²) >= 11 is 0. The summed E-state index contributed by atoms with van der Waals surface area (Å²) in [6.07, 6.45) is 6.56. The molecular weight excluding hydrogens is 402 g/mol. The van der Waals surface area contributed by atoms with E-state index in [1.807, 2.05) is 49.5 Å². The van der Waals surface area contributed by atoms with Crippen LogP contribution in [0.5, 0.6) is 11.6 Å². The van der Waals surface area contributed by atoms with E-state index >= 15 is 0 Å². The van der Waals surface area contributed by atoms with Crippen molar-refractivity contribution in [3.8, 4) is 22.9 Å². The number of hydrogen-bond donors (Lipinski definition) is 1. The van der Waals surface area contributed by atoms with Crippen molar-refractivity contribution in [2.45, 2.75) is 32.3 Å². The predicted molar refractivity (Wildman–Crippen MR) is 126 cm³/mol. The summed E-state index contributed by atoms with van der Waals surface area (Å²) in [4.78, 5) is 15.6. The number of rotatable bonds is 9. The minimum atomic E-state index is 0.243. The van der Waals surface area contributed by atoms with Gasteiger partial charge in [-0.25, -0.2) is 15.0 Å². The van der Waals surface area contributed by atoms with E-state index < -0.39 is 0 Å². The first-order valence-corrected chi connectivity index (χ1v) is 11.3. The molecule has 3 aromatic rings. The van der Waals surface area contributed by atoms with Crippen LogP contribution in [-0.2, 0) is 6.42 Å². The highest BCUT2D eigenvalue weighted by Crippen LogP contribution is 2.23. The van der Waals surface area contributed by atoms with E-state index in [1.165, 1.54) is 5.56 Å². The number of pyridine rings is 1. The molecule has 7 heteroatoms. The van der Waals surface area contributed by atoms with E-state index in [0.29, 0.717) is 12.5 Å². The Balaban J connectivity index is 1.33. The van der Waals surface area contributed by atoms with E-state index in [-0.39, 0.29) is 6.10 Å². The van der Waals surface area contributed by atoms with Crippen molar-refractivity contribution in [2.75, 3.05) is 38.6 Å². The molecular formula is C25H31N5O2. The molecule has 0 amide bonds. The molecule has 3 heterocycles. The maximum absolute atomic E-state index is 6.05. The van der Waals surface area contributed by atoms with Crippen LogP contribution >= 0.6 is 0 Å². The van der Waals surface area contributed by atoms with Gasteiger partial charge in [0.2, 0.25) is 5.88 Å². The number of nitrogens with zero attached hydrogens (tertiary/aromatic N) is 4. The van der Waals surface area contributed by atoms with Gasteiger partial charge in [0.25, 0.3) is 0 Å². The third kappa shape index (κ3) is 5.95. The molecule has 32 heavy (non-hydrogen) atoms. The Morgan fingerprint density at radius 2 is 1.91 bits per heavy atom. The third-order valence-electron chi connectivity index (χ3n) is 5.63. The fourth-order valence-corrected chi connectivity index (χ4v) is 3.82. The SMILES string of the molecule is CCOc1ccccc1CCNc1cc(-c2ccc(OC3CCN(C)CC3)nc2)ncn1. The fraction of sp³-hybridized carbons (Fsp3) is 0.400. The Bertz CT molecular complexity index is 988. The minimum absolute atomic E-state index is 0.243. The standard InChI is InChI=1S/C25H31N5O2/c1-3-31-23-7-5-4-6-19(23)10-13-26-24-16-22(28-18-29-24)20-8-9-25(27-17-20)32-21-11-14-30(2)15-12-21/h4-9,16-18,21H,3,10-15H2,1-2H3,(H,26,28,29). The first-order valence-electron chi connectivity index (χ1n) is 11.3. The summed E-state index contributed by atoms with van der Waals surface area (Å²) in [6, 6.07) is 14.0. The van der Waals surface area contributed by atoms with Gasteiger partial charge in [-0.1, -0.05) is 18.2 Å². The van der Waals surface area contributed by atoms with Crippen LogP contribution in [0.2, 0.25) is 0 Å². The number of benzene rings is 1. The minimum Gasteiger partial charge on any atom is -0.494 e. The molecule has 0 bridgehead atoms. The van der Waals surface area contributed by atoms with Gasteiger partial charge in [-0.3, -0.25) is 0 Å².